The molecule has 0 saturated heterocycles. The molecule has 178 valence electrons. The zero-order chi connectivity index (χ0) is 24.6. The third kappa shape index (κ3) is 2.78. The van der Waals surface area contributed by atoms with Gasteiger partial charge >= 0.3 is 0 Å². The lowest BCUT2D eigenvalue weighted by molar-refractivity contribution is -0.121. The van der Waals surface area contributed by atoms with Gasteiger partial charge in [-0.25, -0.2) is 9.80 Å². The molecule has 0 radical (unpaired) electrons. The van der Waals surface area contributed by atoms with Crippen LogP contribution < -0.4 is 9.80 Å². The minimum atomic E-state index is -0.403. The molecule has 7 rings (SSSR count). The highest BCUT2D eigenvalue weighted by Gasteiger charge is 2.46. The molecule has 2 aliphatic carbocycles. The van der Waals surface area contributed by atoms with Gasteiger partial charge in [0.05, 0.1) is 23.2 Å². The van der Waals surface area contributed by atoms with E-state index in [4.69, 9.17) is 0 Å². The molecule has 4 aliphatic rings. The summed E-state index contributed by atoms with van der Waals surface area (Å²) in [7, 11) is 0. The normalized spacial score (nSPS) is 22.4. The summed E-state index contributed by atoms with van der Waals surface area (Å²) >= 11 is 0. The van der Waals surface area contributed by atoms with Gasteiger partial charge in [-0.15, -0.1) is 0 Å². The van der Waals surface area contributed by atoms with E-state index in [2.05, 4.69) is 0 Å². The Morgan fingerprint density at radius 2 is 1.00 bits per heavy atom. The van der Waals surface area contributed by atoms with Crippen LogP contribution in [0.25, 0.3) is 0 Å². The molecule has 2 aliphatic heterocycles. The molecule has 2 heterocycles. The Morgan fingerprint density at radius 3 is 1.44 bits per heavy atom. The van der Waals surface area contributed by atoms with E-state index in [1.807, 2.05) is 24.3 Å². The first kappa shape index (κ1) is 21.2. The summed E-state index contributed by atoms with van der Waals surface area (Å²) in [6.45, 7) is 0. The summed E-state index contributed by atoms with van der Waals surface area (Å²) in [6, 6.07) is 18.1. The second-order valence-corrected chi connectivity index (χ2v) is 10.1. The highest BCUT2D eigenvalue weighted by atomic mass is 16.2. The number of imide groups is 2. The van der Waals surface area contributed by atoms with Gasteiger partial charge in [-0.3, -0.25) is 19.2 Å². The molecule has 3 aromatic rings. The maximum absolute atomic E-state index is 13.8. The number of anilines is 2. The maximum atomic E-state index is 13.8. The molecule has 0 spiro atoms. The lowest BCUT2D eigenvalue weighted by Gasteiger charge is -2.39. The first-order valence-corrected chi connectivity index (χ1v) is 12.7. The first-order valence-electron chi connectivity index (χ1n) is 12.7. The van der Waals surface area contributed by atoms with Crippen LogP contribution in [-0.4, -0.2) is 23.6 Å². The smallest absolute Gasteiger partial charge is 0.265 e. The zero-order valence-electron chi connectivity index (χ0n) is 19.7. The summed E-state index contributed by atoms with van der Waals surface area (Å²) in [5, 5.41) is 0. The highest BCUT2D eigenvalue weighted by Crippen LogP contribution is 2.46. The van der Waals surface area contributed by atoms with Gasteiger partial charge in [0, 0.05) is 11.1 Å². The number of nitrogens with zero attached hydrogens (tertiary/aromatic N) is 2. The van der Waals surface area contributed by atoms with E-state index in [9.17, 15) is 19.2 Å². The predicted molar refractivity (Wildman–Crippen MR) is 134 cm³/mol. The van der Waals surface area contributed by atoms with E-state index in [1.54, 1.807) is 36.4 Å². The molecule has 36 heavy (non-hydrogen) atoms. The molecule has 0 aromatic heterocycles. The van der Waals surface area contributed by atoms with Gasteiger partial charge in [-0.1, -0.05) is 36.4 Å². The third-order valence-electron chi connectivity index (χ3n) is 8.24. The van der Waals surface area contributed by atoms with Crippen LogP contribution in [0.5, 0.6) is 0 Å². The molecule has 6 nitrogen and oxygen atoms in total. The van der Waals surface area contributed by atoms with E-state index in [0.717, 1.165) is 47.9 Å². The van der Waals surface area contributed by atoms with Crippen molar-refractivity contribution in [2.24, 2.45) is 0 Å². The topological polar surface area (TPSA) is 74.8 Å². The lowest BCUT2D eigenvalue weighted by Crippen LogP contribution is -2.49. The molecular weight excluding hydrogens is 452 g/mol. The fourth-order valence-corrected chi connectivity index (χ4v) is 6.69. The second-order valence-electron chi connectivity index (χ2n) is 10.1. The van der Waals surface area contributed by atoms with Crippen molar-refractivity contribution in [1.82, 2.24) is 0 Å². The van der Waals surface area contributed by atoms with Crippen LogP contribution in [0, 0.1) is 0 Å². The van der Waals surface area contributed by atoms with E-state index < -0.39 is 23.7 Å². The van der Waals surface area contributed by atoms with Crippen molar-refractivity contribution in [2.75, 3.05) is 9.80 Å². The SMILES string of the molecule is O=C1c2cccc3c2C(CCC3)C(=O)N1c1ccccc1N1C(=O)c2cccc3c2C(CCC3)C1=O. The van der Waals surface area contributed by atoms with Crippen molar-refractivity contribution in [1.29, 1.82) is 0 Å². The van der Waals surface area contributed by atoms with Crippen molar-refractivity contribution in [3.8, 4) is 0 Å². The Hall–Kier alpha value is -4.06. The highest BCUT2D eigenvalue weighted by molar-refractivity contribution is 6.31. The standard InChI is InChI=1S/C30H24N2O4/c33-27-19-11-3-7-17-8-4-12-20(25(17)19)28(34)31(27)23-15-1-2-16-24(23)32-29(35)21-13-5-9-18-10-6-14-22(26(18)21)30(32)36/h1-3,5,7,9,11,13,15-16,20,22H,4,6,8,10,12,14H2. The molecule has 2 atom stereocenters. The summed E-state index contributed by atoms with van der Waals surface area (Å²) in [5.74, 6) is -2.18. The quantitative estimate of drug-likeness (QED) is 0.493. The van der Waals surface area contributed by atoms with Gasteiger partial charge in [0.1, 0.15) is 0 Å². The Bertz CT molecular complexity index is 1390. The van der Waals surface area contributed by atoms with Crippen LogP contribution in [0.1, 0.15) is 80.5 Å². The molecule has 4 amide bonds. The number of amides is 4. The van der Waals surface area contributed by atoms with Crippen LogP contribution >= 0.6 is 0 Å². The van der Waals surface area contributed by atoms with Gasteiger partial charge in [-0.2, -0.15) is 0 Å². The van der Waals surface area contributed by atoms with Crippen LogP contribution in [0.4, 0.5) is 11.4 Å². The average molecular weight is 477 g/mol. The molecule has 2 unspecified atom stereocenters. The van der Waals surface area contributed by atoms with E-state index >= 15 is 0 Å². The van der Waals surface area contributed by atoms with Crippen molar-refractivity contribution in [3.63, 3.8) is 0 Å². The molecule has 0 saturated carbocycles. The van der Waals surface area contributed by atoms with Gasteiger partial charge in [0.25, 0.3) is 11.8 Å². The summed E-state index contributed by atoms with van der Waals surface area (Å²) in [5.41, 5.74) is 5.45. The second kappa shape index (κ2) is 7.72. The minimum Gasteiger partial charge on any atom is -0.273 e. The third-order valence-corrected chi connectivity index (χ3v) is 8.24. The van der Waals surface area contributed by atoms with Crippen molar-refractivity contribution < 1.29 is 19.2 Å². The van der Waals surface area contributed by atoms with Crippen LogP contribution in [0.15, 0.2) is 60.7 Å². The molecule has 0 fully saturated rings. The number of aryl methyl sites for hydroxylation is 2. The Labute approximate surface area is 208 Å². The van der Waals surface area contributed by atoms with Gasteiger partial charge in [0.15, 0.2) is 0 Å². The maximum Gasteiger partial charge on any atom is 0.265 e. The number of carbonyl (C=O) groups is 4. The molecule has 3 aromatic carbocycles. The number of rotatable bonds is 2. The van der Waals surface area contributed by atoms with Crippen LogP contribution in [0.3, 0.4) is 0 Å². The number of para-hydroxylation sites is 2. The van der Waals surface area contributed by atoms with Crippen molar-refractivity contribution >= 4 is 35.0 Å². The number of benzene rings is 3. The molecular formula is C30H24N2O4. The number of hydrogen-bond donors (Lipinski definition) is 0. The first-order chi connectivity index (χ1) is 17.6. The van der Waals surface area contributed by atoms with Crippen molar-refractivity contribution in [2.45, 2.75) is 50.4 Å². The minimum absolute atomic E-state index is 0.284. The fourth-order valence-electron chi connectivity index (χ4n) is 6.69. The fraction of sp³-hybridized carbons (Fsp3) is 0.267. The monoisotopic (exact) mass is 476 g/mol. The van der Waals surface area contributed by atoms with Gasteiger partial charge in [-0.05, 0) is 85.0 Å². The molecule has 0 N–H and O–H groups in total. The number of hydrogen-bond acceptors (Lipinski definition) is 4. The predicted octanol–water partition coefficient (Wildman–Crippen LogP) is 4.90. The van der Waals surface area contributed by atoms with Gasteiger partial charge < -0.3 is 0 Å². The largest absolute Gasteiger partial charge is 0.273 e. The van der Waals surface area contributed by atoms with Crippen molar-refractivity contribution in [3.05, 3.63) is 94.0 Å². The Kier molecular flexibility index (Phi) is 4.55. The van der Waals surface area contributed by atoms with E-state index in [-0.39, 0.29) is 23.2 Å². The Balaban J connectivity index is 1.38. The average Bonchev–Trinajstić information content (AvgIpc) is 2.91. The summed E-state index contributed by atoms with van der Waals surface area (Å²) in [6.07, 6.45) is 4.82. The summed E-state index contributed by atoms with van der Waals surface area (Å²) in [4.78, 5) is 57.5. The Morgan fingerprint density at radius 1 is 0.556 bits per heavy atom. The summed E-state index contributed by atoms with van der Waals surface area (Å²) < 4.78 is 0. The number of carbonyl (C=O) groups excluding carboxylic acids is 4. The van der Waals surface area contributed by atoms with E-state index in [1.165, 1.54) is 9.80 Å². The van der Waals surface area contributed by atoms with Crippen LogP contribution in [-0.2, 0) is 22.4 Å². The van der Waals surface area contributed by atoms with E-state index in [0.29, 0.717) is 24.0 Å². The van der Waals surface area contributed by atoms with Gasteiger partial charge in [0.2, 0.25) is 11.8 Å². The molecule has 0 bridgehead atoms. The lowest BCUT2D eigenvalue weighted by atomic mass is 9.76. The van der Waals surface area contributed by atoms with Crippen LogP contribution in [0.2, 0.25) is 0 Å². The molecule has 6 heteroatoms. The zero-order valence-corrected chi connectivity index (χ0v) is 19.7.